The maximum absolute atomic E-state index is 11.9. The summed E-state index contributed by atoms with van der Waals surface area (Å²) in [6, 6.07) is 9.98. The number of piperazine rings is 1. The van der Waals surface area contributed by atoms with Crippen LogP contribution in [0.25, 0.3) is 11.3 Å². The van der Waals surface area contributed by atoms with E-state index in [1.54, 1.807) is 6.07 Å². The van der Waals surface area contributed by atoms with Gasteiger partial charge in [-0.05, 0) is 37.1 Å². The van der Waals surface area contributed by atoms with E-state index in [1.807, 2.05) is 24.3 Å². The Bertz CT molecular complexity index is 811. The van der Waals surface area contributed by atoms with Gasteiger partial charge in [0, 0.05) is 11.6 Å². The molecule has 1 aliphatic heterocycles. The molecule has 1 aliphatic carbocycles. The van der Waals surface area contributed by atoms with Gasteiger partial charge >= 0.3 is 0 Å². The highest BCUT2D eigenvalue weighted by Gasteiger charge is 2.28. The zero-order valence-electron chi connectivity index (χ0n) is 15.2. The number of furan rings is 1. The highest BCUT2D eigenvalue weighted by atomic mass is 35.5. The summed E-state index contributed by atoms with van der Waals surface area (Å²) in [6.07, 6.45) is 2.29. The van der Waals surface area contributed by atoms with E-state index in [9.17, 15) is 4.79 Å². The summed E-state index contributed by atoms with van der Waals surface area (Å²) < 4.78 is 6.02. The summed E-state index contributed by atoms with van der Waals surface area (Å²) in [6.45, 7) is 5.56. The van der Waals surface area contributed by atoms with E-state index in [0.717, 1.165) is 62.6 Å². The molecule has 0 bridgehead atoms. The van der Waals surface area contributed by atoms with Crippen molar-refractivity contribution in [1.82, 2.24) is 5.32 Å². The van der Waals surface area contributed by atoms with Crippen LogP contribution < -0.4 is 15.1 Å². The number of hydrogen-bond acceptors (Lipinski definition) is 2. The first-order valence-electron chi connectivity index (χ1n) is 9.58. The van der Waals surface area contributed by atoms with E-state index < -0.39 is 0 Å². The second kappa shape index (κ2) is 8.23. The van der Waals surface area contributed by atoms with Gasteiger partial charge in [0.25, 0.3) is 5.91 Å². The summed E-state index contributed by atoms with van der Waals surface area (Å²) in [5.41, 5.74) is 0.821. The molecular weight excluding hydrogens is 385 g/mol. The number of amides is 1. The van der Waals surface area contributed by atoms with Crippen LogP contribution in [0.5, 0.6) is 0 Å². The van der Waals surface area contributed by atoms with Crippen molar-refractivity contribution >= 4 is 29.1 Å². The molecule has 144 valence electrons. The van der Waals surface area contributed by atoms with Crippen molar-refractivity contribution in [2.75, 3.05) is 32.7 Å². The topological polar surface area (TPSA) is 51.1 Å². The highest BCUT2D eigenvalue weighted by molar-refractivity contribution is 6.43. The minimum Gasteiger partial charge on any atom is -0.455 e. The van der Waals surface area contributed by atoms with Gasteiger partial charge in [-0.25, -0.2) is 0 Å². The normalized spacial score (nSPS) is 22.6. The molecule has 0 radical (unpaired) electrons. The van der Waals surface area contributed by atoms with Gasteiger partial charge in [0.2, 0.25) is 0 Å². The number of benzene rings is 1. The lowest BCUT2D eigenvalue weighted by Gasteiger charge is -2.28. The van der Waals surface area contributed by atoms with E-state index in [1.165, 1.54) is 9.80 Å². The molecule has 1 amide bonds. The van der Waals surface area contributed by atoms with Crippen LogP contribution in [0.3, 0.4) is 0 Å². The van der Waals surface area contributed by atoms with Crippen LogP contribution in [0.2, 0.25) is 10.0 Å². The van der Waals surface area contributed by atoms with Crippen LogP contribution in [0.15, 0.2) is 34.7 Å². The molecule has 2 fully saturated rings. The summed E-state index contributed by atoms with van der Waals surface area (Å²) in [7, 11) is 0. The SMILES string of the molecule is O=C(C[NH+]1CC[NH+](Cc2ccc(-c3cccc(Cl)c3Cl)o2)CC1)NC1CC1. The standard InChI is InChI=1S/C20H23Cl2N3O2/c21-17-3-1-2-16(20(17)22)18-7-6-15(27-18)12-24-8-10-25(11-9-24)13-19(26)23-14-4-5-14/h1-3,6-7,14H,4-5,8-13H2,(H,23,26)/p+2. The summed E-state index contributed by atoms with van der Waals surface area (Å²) in [5.74, 6) is 1.90. The van der Waals surface area contributed by atoms with Gasteiger partial charge < -0.3 is 19.5 Å². The molecule has 3 N–H and O–H groups in total. The Hall–Kier alpha value is -1.53. The van der Waals surface area contributed by atoms with E-state index in [2.05, 4.69) is 5.32 Å². The fraction of sp³-hybridized carbons (Fsp3) is 0.450. The van der Waals surface area contributed by atoms with Crippen molar-refractivity contribution < 1.29 is 19.0 Å². The first kappa shape index (κ1) is 18.8. The van der Waals surface area contributed by atoms with Crippen LogP contribution in [-0.2, 0) is 11.3 Å². The molecule has 1 aromatic carbocycles. The maximum Gasteiger partial charge on any atom is 0.275 e. The fourth-order valence-electron chi connectivity index (χ4n) is 3.60. The van der Waals surface area contributed by atoms with Crippen molar-refractivity contribution in [3.05, 3.63) is 46.1 Å². The van der Waals surface area contributed by atoms with Crippen molar-refractivity contribution in [2.45, 2.75) is 25.4 Å². The zero-order chi connectivity index (χ0) is 18.8. The van der Waals surface area contributed by atoms with Gasteiger partial charge in [-0.15, -0.1) is 0 Å². The lowest BCUT2D eigenvalue weighted by molar-refractivity contribution is -1.02. The number of carbonyl (C=O) groups is 1. The molecule has 1 saturated carbocycles. The van der Waals surface area contributed by atoms with Crippen LogP contribution in [0, 0.1) is 0 Å². The lowest BCUT2D eigenvalue weighted by Crippen LogP contribution is -3.28. The van der Waals surface area contributed by atoms with Gasteiger partial charge in [0.15, 0.2) is 12.3 Å². The van der Waals surface area contributed by atoms with E-state index in [4.69, 9.17) is 27.6 Å². The van der Waals surface area contributed by atoms with Crippen molar-refractivity contribution in [1.29, 1.82) is 0 Å². The Morgan fingerprint density at radius 3 is 2.56 bits per heavy atom. The predicted molar refractivity (Wildman–Crippen MR) is 105 cm³/mol. The molecule has 2 aromatic rings. The van der Waals surface area contributed by atoms with Crippen LogP contribution in [-0.4, -0.2) is 44.7 Å². The second-order valence-electron chi connectivity index (χ2n) is 7.56. The molecule has 0 atom stereocenters. The van der Waals surface area contributed by atoms with Crippen molar-refractivity contribution in [2.24, 2.45) is 0 Å². The Morgan fingerprint density at radius 2 is 1.81 bits per heavy atom. The molecule has 27 heavy (non-hydrogen) atoms. The molecule has 1 saturated heterocycles. The molecule has 5 nitrogen and oxygen atoms in total. The van der Waals surface area contributed by atoms with E-state index in [0.29, 0.717) is 22.6 Å². The third-order valence-corrected chi connectivity index (χ3v) is 6.14. The number of quaternary nitrogens is 2. The summed E-state index contributed by atoms with van der Waals surface area (Å²) in [5, 5.41) is 4.13. The monoisotopic (exact) mass is 409 g/mol. The minimum atomic E-state index is 0.199. The Labute approximate surface area is 169 Å². The smallest absolute Gasteiger partial charge is 0.275 e. The number of rotatable bonds is 6. The molecule has 2 heterocycles. The molecule has 7 heteroatoms. The second-order valence-corrected chi connectivity index (χ2v) is 8.35. The lowest BCUT2D eigenvalue weighted by atomic mass is 10.2. The minimum absolute atomic E-state index is 0.199. The average molecular weight is 410 g/mol. The molecule has 0 unspecified atom stereocenters. The average Bonchev–Trinajstić information content (AvgIpc) is 3.34. The number of nitrogens with one attached hydrogen (secondary N) is 3. The maximum atomic E-state index is 11.9. The molecule has 1 aromatic heterocycles. The Balaban J connectivity index is 1.29. The van der Waals surface area contributed by atoms with Gasteiger partial charge in [-0.2, -0.15) is 0 Å². The fourth-order valence-corrected chi connectivity index (χ4v) is 4.00. The van der Waals surface area contributed by atoms with Crippen LogP contribution in [0.1, 0.15) is 18.6 Å². The molecule has 4 rings (SSSR count). The van der Waals surface area contributed by atoms with Crippen molar-refractivity contribution in [3.8, 4) is 11.3 Å². The highest BCUT2D eigenvalue weighted by Crippen LogP contribution is 2.34. The Kier molecular flexibility index (Phi) is 5.74. The predicted octanol–water partition coefficient (Wildman–Crippen LogP) is 0.815. The van der Waals surface area contributed by atoms with E-state index >= 15 is 0 Å². The van der Waals surface area contributed by atoms with Gasteiger partial charge in [-0.1, -0.05) is 29.3 Å². The summed E-state index contributed by atoms with van der Waals surface area (Å²) >= 11 is 12.4. The summed E-state index contributed by atoms with van der Waals surface area (Å²) in [4.78, 5) is 14.8. The Morgan fingerprint density at radius 1 is 1.07 bits per heavy atom. The van der Waals surface area contributed by atoms with Gasteiger partial charge in [0.1, 0.15) is 38.5 Å². The first-order chi connectivity index (χ1) is 13.1. The van der Waals surface area contributed by atoms with Gasteiger partial charge in [-0.3, -0.25) is 4.79 Å². The molecule has 0 spiro atoms. The quantitative estimate of drug-likeness (QED) is 0.661. The van der Waals surface area contributed by atoms with Crippen molar-refractivity contribution in [3.63, 3.8) is 0 Å². The first-order valence-corrected chi connectivity index (χ1v) is 10.3. The molecular formula is C20H25Cl2N3O2+2. The van der Waals surface area contributed by atoms with Crippen LogP contribution in [0.4, 0.5) is 0 Å². The molecule has 2 aliphatic rings. The van der Waals surface area contributed by atoms with Gasteiger partial charge in [0.05, 0.1) is 10.0 Å². The third kappa shape index (κ3) is 4.85. The largest absolute Gasteiger partial charge is 0.455 e. The number of hydrogen-bond donors (Lipinski definition) is 3. The zero-order valence-corrected chi connectivity index (χ0v) is 16.7. The number of halogens is 2. The van der Waals surface area contributed by atoms with Crippen LogP contribution >= 0.6 is 23.2 Å². The number of carbonyl (C=O) groups excluding carboxylic acids is 1. The van der Waals surface area contributed by atoms with E-state index in [-0.39, 0.29) is 5.91 Å². The third-order valence-electron chi connectivity index (χ3n) is 5.32.